The van der Waals surface area contributed by atoms with E-state index in [0.717, 1.165) is 5.56 Å². The Bertz CT molecular complexity index is 755. The number of hydrogen-bond acceptors (Lipinski definition) is 5. The van der Waals surface area contributed by atoms with Gasteiger partial charge in [0.1, 0.15) is 0 Å². The lowest BCUT2D eigenvalue weighted by Gasteiger charge is -2.35. The largest absolute Gasteiger partial charge is 0.374 e. The van der Waals surface area contributed by atoms with Crippen LogP contribution < -0.4 is 0 Å². The number of fused-ring (bicyclic) bond motifs is 1. The highest BCUT2D eigenvalue weighted by Crippen LogP contribution is 2.28. The highest BCUT2D eigenvalue weighted by molar-refractivity contribution is 7.92. The topological polar surface area (TPSA) is 80.8 Å². The van der Waals surface area contributed by atoms with E-state index >= 15 is 0 Å². The summed E-state index contributed by atoms with van der Waals surface area (Å²) in [6.07, 6.45) is -0.536. The molecule has 122 valence electrons. The summed E-state index contributed by atoms with van der Waals surface area (Å²) in [6, 6.07) is 6.72. The Morgan fingerprint density at radius 3 is 2.59 bits per heavy atom. The fourth-order valence-electron chi connectivity index (χ4n) is 3.01. The fourth-order valence-corrected chi connectivity index (χ4v) is 6.73. The zero-order valence-corrected chi connectivity index (χ0v) is 13.9. The Labute approximate surface area is 131 Å². The third-order valence-electron chi connectivity index (χ3n) is 4.11. The van der Waals surface area contributed by atoms with Gasteiger partial charge in [0.15, 0.2) is 9.84 Å². The predicted molar refractivity (Wildman–Crippen MR) is 82.7 cm³/mol. The van der Waals surface area contributed by atoms with Crippen LogP contribution >= 0.6 is 0 Å². The molecule has 0 amide bonds. The van der Waals surface area contributed by atoms with E-state index in [2.05, 4.69) is 0 Å². The van der Waals surface area contributed by atoms with Crippen molar-refractivity contribution in [1.82, 2.24) is 4.31 Å². The van der Waals surface area contributed by atoms with E-state index in [1.165, 1.54) is 4.31 Å². The summed E-state index contributed by atoms with van der Waals surface area (Å²) in [6.45, 7) is 2.39. The van der Waals surface area contributed by atoms with E-state index in [4.69, 9.17) is 4.74 Å². The number of hydrogen-bond donors (Lipinski definition) is 0. The summed E-state index contributed by atoms with van der Waals surface area (Å²) >= 11 is 0. The summed E-state index contributed by atoms with van der Waals surface area (Å²) in [7, 11) is -6.80. The molecule has 2 fully saturated rings. The minimum atomic E-state index is -3.56. The van der Waals surface area contributed by atoms with Crippen molar-refractivity contribution in [3.05, 3.63) is 35.4 Å². The Balaban J connectivity index is 1.83. The normalized spacial score (nSPS) is 28.4. The molecule has 0 N–H and O–H groups in total. The molecule has 0 spiro atoms. The molecule has 2 saturated heterocycles. The standard InChI is InChI=1S/C14H19NO5S2/c1-11-2-4-12(5-3-11)8-22(18,19)15-6-7-20-14-10-21(16,17)9-13(14)15/h2-5,13-14H,6-10H2,1H3. The summed E-state index contributed by atoms with van der Waals surface area (Å²) in [5.41, 5.74) is 1.77. The molecule has 6 nitrogen and oxygen atoms in total. The Hall–Kier alpha value is -0.960. The first-order chi connectivity index (χ1) is 10.3. The summed E-state index contributed by atoms with van der Waals surface area (Å²) < 4.78 is 55.6. The van der Waals surface area contributed by atoms with E-state index < -0.39 is 32.0 Å². The Kier molecular flexibility index (Phi) is 4.05. The molecule has 1 aromatic rings. The molecular formula is C14H19NO5S2. The van der Waals surface area contributed by atoms with Crippen LogP contribution in [0, 0.1) is 6.92 Å². The lowest BCUT2D eigenvalue weighted by Crippen LogP contribution is -2.53. The van der Waals surface area contributed by atoms with Crippen molar-refractivity contribution in [2.75, 3.05) is 24.7 Å². The minimum Gasteiger partial charge on any atom is -0.374 e. The first-order valence-corrected chi connectivity index (χ1v) is 10.6. The third kappa shape index (κ3) is 3.19. The molecule has 22 heavy (non-hydrogen) atoms. The molecule has 0 bridgehead atoms. The van der Waals surface area contributed by atoms with Crippen LogP contribution in [-0.4, -0.2) is 57.9 Å². The van der Waals surface area contributed by atoms with Crippen molar-refractivity contribution in [3.8, 4) is 0 Å². The van der Waals surface area contributed by atoms with Crippen LogP contribution in [0.15, 0.2) is 24.3 Å². The van der Waals surface area contributed by atoms with Crippen molar-refractivity contribution in [2.24, 2.45) is 0 Å². The quantitative estimate of drug-likeness (QED) is 0.788. The number of nitrogens with zero attached hydrogens (tertiary/aromatic N) is 1. The number of aryl methyl sites for hydroxylation is 1. The number of benzene rings is 1. The average Bonchev–Trinajstić information content (AvgIpc) is 2.74. The molecule has 2 heterocycles. The summed E-state index contributed by atoms with van der Waals surface area (Å²) in [4.78, 5) is 0. The number of sulfone groups is 1. The molecular weight excluding hydrogens is 326 g/mol. The van der Waals surface area contributed by atoms with Gasteiger partial charge in [0.2, 0.25) is 10.0 Å². The lowest BCUT2D eigenvalue weighted by molar-refractivity contribution is -0.0142. The zero-order valence-electron chi connectivity index (χ0n) is 12.3. The zero-order chi connectivity index (χ0) is 16.0. The first kappa shape index (κ1) is 15.9. The highest BCUT2D eigenvalue weighted by Gasteiger charge is 2.47. The molecule has 2 unspecified atom stereocenters. The van der Waals surface area contributed by atoms with Crippen molar-refractivity contribution in [1.29, 1.82) is 0 Å². The molecule has 0 aromatic heterocycles. The number of rotatable bonds is 3. The average molecular weight is 345 g/mol. The van der Waals surface area contributed by atoms with Gasteiger partial charge in [-0.1, -0.05) is 29.8 Å². The van der Waals surface area contributed by atoms with Crippen LogP contribution in [0.4, 0.5) is 0 Å². The Morgan fingerprint density at radius 1 is 1.23 bits per heavy atom. The van der Waals surface area contributed by atoms with Gasteiger partial charge in [-0.05, 0) is 12.5 Å². The van der Waals surface area contributed by atoms with E-state index in [-0.39, 0.29) is 30.4 Å². The predicted octanol–water partition coefficient (Wildman–Crippen LogP) is 0.323. The molecule has 0 saturated carbocycles. The summed E-state index contributed by atoms with van der Waals surface area (Å²) in [5.74, 6) is -0.352. The highest BCUT2D eigenvalue weighted by atomic mass is 32.2. The van der Waals surface area contributed by atoms with Gasteiger partial charge in [-0.2, -0.15) is 4.31 Å². The van der Waals surface area contributed by atoms with Gasteiger partial charge in [-0.25, -0.2) is 16.8 Å². The fraction of sp³-hybridized carbons (Fsp3) is 0.571. The van der Waals surface area contributed by atoms with E-state index in [1.807, 2.05) is 19.1 Å². The van der Waals surface area contributed by atoms with Gasteiger partial charge >= 0.3 is 0 Å². The van der Waals surface area contributed by atoms with Crippen molar-refractivity contribution in [2.45, 2.75) is 24.8 Å². The van der Waals surface area contributed by atoms with Crippen molar-refractivity contribution >= 4 is 19.9 Å². The van der Waals surface area contributed by atoms with E-state index in [1.54, 1.807) is 12.1 Å². The second-order valence-electron chi connectivity index (χ2n) is 5.91. The van der Waals surface area contributed by atoms with Crippen molar-refractivity contribution < 1.29 is 21.6 Å². The molecule has 2 aliphatic heterocycles. The number of ether oxygens (including phenoxy) is 1. The molecule has 2 aliphatic rings. The third-order valence-corrected chi connectivity index (χ3v) is 7.66. The smallest absolute Gasteiger partial charge is 0.218 e. The monoisotopic (exact) mass is 345 g/mol. The van der Waals surface area contributed by atoms with Gasteiger partial charge < -0.3 is 4.74 Å². The van der Waals surface area contributed by atoms with Gasteiger partial charge in [-0.3, -0.25) is 0 Å². The minimum absolute atomic E-state index is 0.0891. The summed E-state index contributed by atoms with van der Waals surface area (Å²) in [5, 5.41) is 0. The van der Waals surface area contributed by atoms with Crippen LogP contribution in [0.1, 0.15) is 11.1 Å². The number of sulfonamides is 1. The van der Waals surface area contributed by atoms with E-state index in [9.17, 15) is 16.8 Å². The SMILES string of the molecule is Cc1ccc(CS(=O)(=O)N2CCOC3CS(=O)(=O)CC32)cc1. The maximum Gasteiger partial charge on any atom is 0.218 e. The molecule has 0 radical (unpaired) electrons. The van der Waals surface area contributed by atoms with Crippen LogP contribution in [-0.2, 0) is 30.4 Å². The molecule has 3 rings (SSSR count). The van der Waals surface area contributed by atoms with Gasteiger partial charge in [-0.15, -0.1) is 0 Å². The maximum atomic E-state index is 12.7. The van der Waals surface area contributed by atoms with Crippen LogP contribution in [0.5, 0.6) is 0 Å². The second kappa shape index (κ2) is 5.59. The van der Waals surface area contributed by atoms with Crippen LogP contribution in [0.2, 0.25) is 0 Å². The second-order valence-corrected chi connectivity index (χ2v) is 9.98. The lowest BCUT2D eigenvalue weighted by atomic mass is 10.2. The van der Waals surface area contributed by atoms with Gasteiger partial charge in [0, 0.05) is 6.54 Å². The molecule has 0 aliphatic carbocycles. The maximum absolute atomic E-state index is 12.7. The molecule has 1 aromatic carbocycles. The van der Waals surface area contributed by atoms with E-state index in [0.29, 0.717) is 5.56 Å². The van der Waals surface area contributed by atoms with Crippen LogP contribution in [0.25, 0.3) is 0 Å². The van der Waals surface area contributed by atoms with Gasteiger partial charge in [0.25, 0.3) is 0 Å². The van der Waals surface area contributed by atoms with Gasteiger partial charge in [0.05, 0.1) is 36.0 Å². The molecule has 8 heteroatoms. The Morgan fingerprint density at radius 2 is 1.91 bits per heavy atom. The van der Waals surface area contributed by atoms with Crippen molar-refractivity contribution in [3.63, 3.8) is 0 Å². The van der Waals surface area contributed by atoms with Crippen LogP contribution in [0.3, 0.4) is 0 Å². The molecule has 2 atom stereocenters. The first-order valence-electron chi connectivity index (χ1n) is 7.14. The number of morpholine rings is 1.